The van der Waals surface area contributed by atoms with Gasteiger partial charge in [0.2, 0.25) is 0 Å². The minimum atomic E-state index is -0.880. The molecule has 2 N–H and O–H groups in total. The van der Waals surface area contributed by atoms with Gasteiger partial charge < -0.3 is 19.9 Å². The van der Waals surface area contributed by atoms with Crippen LogP contribution in [0.2, 0.25) is 0 Å². The second-order valence-corrected chi connectivity index (χ2v) is 6.52. The third-order valence-electron chi connectivity index (χ3n) is 4.53. The number of fused-ring (bicyclic) bond motifs is 1. The molecule has 0 radical (unpaired) electrons. The van der Waals surface area contributed by atoms with E-state index in [1.807, 2.05) is 0 Å². The predicted octanol–water partition coefficient (Wildman–Crippen LogP) is 2.52. The van der Waals surface area contributed by atoms with Crippen LogP contribution in [0.25, 0.3) is 0 Å². The lowest BCUT2D eigenvalue weighted by atomic mass is 10.1. The van der Waals surface area contributed by atoms with Crippen LogP contribution in [0.1, 0.15) is 46.1 Å². The van der Waals surface area contributed by atoms with Gasteiger partial charge in [0.15, 0.2) is 5.82 Å². The lowest BCUT2D eigenvalue weighted by molar-refractivity contribution is 0.0942. The maximum atomic E-state index is 13.8. The summed E-state index contributed by atoms with van der Waals surface area (Å²) >= 11 is 0. The molecule has 2 amide bonds. The van der Waals surface area contributed by atoms with Crippen LogP contribution in [0.4, 0.5) is 14.5 Å². The first kappa shape index (κ1) is 19.9. The summed E-state index contributed by atoms with van der Waals surface area (Å²) < 4.78 is 33.5. The molecular weight excluding hydrogens is 370 g/mol. The Morgan fingerprint density at radius 2 is 2.07 bits per heavy atom. The van der Waals surface area contributed by atoms with Crippen molar-refractivity contribution in [2.45, 2.75) is 32.2 Å². The van der Waals surface area contributed by atoms with E-state index >= 15 is 0 Å². The van der Waals surface area contributed by atoms with Crippen LogP contribution >= 0.6 is 0 Å². The number of amides is 2. The van der Waals surface area contributed by atoms with Gasteiger partial charge >= 0.3 is 0 Å². The number of methoxy groups -OCH3 is 1. The van der Waals surface area contributed by atoms with E-state index < -0.39 is 17.5 Å². The lowest BCUT2D eigenvalue weighted by Crippen LogP contribution is -2.27. The van der Waals surface area contributed by atoms with Crippen molar-refractivity contribution in [3.8, 4) is 0 Å². The summed E-state index contributed by atoms with van der Waals surface area (Å²) in [6.07, 6.45) is 3.04. The molecule has 2 aromatic rings. The highest BCUT2D eigenvalue weighted by Crippen LogP contribution is 2.23. The number of benzene rings is 1. The number of anilines is 1. The molecule has 1 aromatic carbocycles. The van der Waals surface area contributed by atoms with E-state index in [-0.39, 0.29) is 23.1 Å². The van der Waals surface area contributed by atoms with Crippen molar-refractivity contribution in [1.82, 2.24) is 14.9 Å². The molecular formula is C19H22F2N4O3. The third-order valence-corrected chi connectivity index (χ3v) is 4.53. The zero-order chi connectivity index (χ0) is 20.1. The van der Waals surface area contributed by atoms with Gasteiger partial charge in [-0.25, -0.2) is 13.8 Å². The van der Waals surface area contributed by atoms with Crippen molar-refractivity contribution in [3.63, 3.8) is 0 Å². The SMILES string of the molecule is COCCCNC(=O)c1nc(C(=O)Nc2ccc(F)cc2F)n2c1CCCC2. The molecule has 0 saturated heterocycles. The molecule has 1 aliphatic rings. The number of carbonyl (C=O) groups excluding carboxylic acids is 2. The second-order valence-electron chi connectivity index (χ2n) is 6.52. The van der Waals surface area contributed by atoms with Gasteiger partial charge in [0.25, 0.3) is 11.8 Å². The monoisotopic (exact) mass is 392 g/mol. The van der Waals surface area contributed by atoms with E-state index in [9.17, 15) is 18.4 Å². The van der Waals surface area contributed by atoms with E-state index in [4.69, 9.17) is 4.74 Å². The van der Waals surface area contributed by atoms with Crippen molar-refractivity contribution >= 4 is 17.5 Å². The van der Waals surface area contributed by atoms with Gasteiger partial charge in [0.1, 0.15) is 17.3 Å². The van der Waals surface area contributed by atoms with Crippen LogP contribution in [0.3, 0.4) is 0 Å². The molecule has 7 nitrogen and oxygen atoms in total. The summed E-state index contributed by atoms with van der Waals surface area (Å²) in [6.45, 7) is 1.51. The second kappa shape index (κ2) is 8.92. The smallest absolute Gasteiger partial charge is 0.291 e. The van der Waals surface area contributed by atoms with Gasteiger partial charge in [-0.2, -0.15) is 0 Å². The van der Waals surface area contributed by atoms with Crippen molar-refractivity contribution < 1.29 is 23.1 Å². The summed E-state index contributed by atoms with van der Waals surface area (Å²) in [6, 6.07) is 2.89. The lowest BCUT2D eigenvalue weighted by Gasteiger charge is -2.17. The fourth-order valence-electron chi connectivity index (χ4n) is 3.17. The zero-order valence-electron chi connectivity index (χ0n) is 15.6. The largest absolute Gasteiger partial charge is 0.385 e. The van der Waals surface area contributed by atoms with Crippen LogP contribution in [0, 0.1) is 11.6 Å². The summed E-state index contributed by atoms with van der Waals surface area (Å²) in [5.41, 5.74) is 0.757. The molecule has 2 heterocycles. The van der Waals surface area contributed by atoms with Gasteiger partial charge in [-0.05, 0) is 37.8 Å². The fourth-order valence-corrected chi connectivity index (χ4v) is 3.17. The van der Waals surface area contributed by atoms with Crippen LogP contribution in [-0.4, -0.2) is 41.6 Å². The summed E-state index contributed by atoms with van der Waals surface area (Å²) in [5.74, 6) is -2.57. The number of hydrogen-bond donors (Lipinski definition) is 2. The highest BCUT2D eigenvalue weighted by Gasteiger charge is 2.27. The van der Waals surface area contributed by atoms with E-state index in [2.05, 4.69) is 15.6 Å². The van der Waals surface area contributed by atoms with E-state index in [1.165, 1.54) is 0 Å². The van der Waals surface area contributed by atoms with Gasteiger partial charge in [-0.3, -0.25) is 9.59 Å². The average molecular weight is 392 g/mol. The molecule has 150 valence electrons. The molecule has 0 saturated carbocycles. The zero-order valence-corrected chi connectivity index (χ0v) is 15.6. The Morgan fingerprint density at radius 1 is 1.25 bits per heavy atom. The Labute approximate surface area is 161 Å². The van der Waals surface area contributed by atoms with Crippen LogP contribution < -0.4 is 10.6 Å². The maximum Gasteiger partial charge on any atom is 0.291 e. The number of nitrogens with one attached hydrogen (secondary N) is 2. The molecule has 0 aliphatic carbocycles. The van der Waals surface area contributed by atoms with Crippen LogP contribution in [0.5, 0.6) is 0 Å². The quantitative estimate of drug-likeness (QED) is 0.709. The van der Waals surface area contributed by atoms with Gasteiger partial charge in [0, 0.05) is 32.9 Å². The number of nitrogens with zero attached hydrogens (tertiary/aromatic N) is 2. The third kappa shape index (κ3) is 4.36. The molecule has 0 unspecified atom stereocenters. The van der Waals surface area contributed by atoms with Crippen LogP contribution in [0.15, 0.2) is 18.2 Å². The van der Waals surface area contributed by atoms with Gasteiger partial charge in [-0.15, -0.1) is 0 Å². The van der Waals surface area contributed by atoms with Crippen molar-refractivity contribution in [3.05, 3.63) is 47.0 Å². The first-order chi connectivity index (χ1) is 13.5. The number of hydrogen-bond acceptors (Lipinski definition) is 4. The Hall–Kier alpha value is -2.81. The minimum Gasteiger partial charge on any atom is -0.385 e. The molecule has 0 atom stereocenters. The number of imidazole rings is 1. The molecule has 28 heavy (non-hydrogen) atoms. The van der Waals surface area contributed by atoms with Gasteiger partial charge in [0.05, 0.1) is 11.4 Å². The minimum absolute atomic E-state index is 0.0421. The number of carbonyl (C=O) groups is 2. The number of halogens is 2. The van der Waals surface area contributed by atoms with Crippen molar-refractivity contribution in [1.29, 1.82) is 0 Å². The first-order valence-electron chi connectivity index (χ1n) is 9.14. The summed E-state index contributed by atoms with van der Waals surface area (Å²) in [5, 5.41) is 5.18. The molecule has 1 aliphatic heterocycles. The van der Waals surface area contributed by atoms with Gasteiger partial charge in [-0.1, -0.05) is 0 Å². The highest BCUT2D eigenvalue weighted by molar-refractivity contribution is 6.03. The molecule has 0 fully saturated rings. The molecule has 1 aromatic heterocycles. The van der Waals surface area contributed by atoms with E-state index in [0.717, 1.165) is 25.0 Å². The average Bonchev–Trinajstić information content (AvgIpc) is 3.07. The Bertz CT molecular complexity index is 882. The Balaban J connectivity index is 1.81. The fraction of sp³-hybridized carbons (Fsp3) is 0.421. The molecule has 3 rings (SSSR count). The normalized spacial score (nSPS) is 13.1. The molecule has 9 heteroatoms. The standard InChI is InChI=1S/C19H22F2N4O3/c1-28-10-4-8-22-18(26)16-15-5-2-3-9-25(15)17(24-16)19(27)23-14-7-6-12(20)11-13(14)21/h6-7,11H,2-5,8-10H2,1H3,(H,22,26)(H,23,27). The van der Waals surface area contributed by atoms with Crippen LogP contribution in [-0.2, 0) is 17.7 Å². The summed E-state index contributed by atoms with van der Waals surface area (Å²) in [7, 11) is 1.59. The Kier molecular flexibility index (Phi) is 6.35. The highest BCUT2D eigenvalue weighted by atomic mass is 19.1. The topological polar surface area (TPSA) is 85.2 Å². The predicted molar refractivity (Wildman–Crippen MR) is 98.3 cm³/mol. The summed E-state index contributed by atoms with van der Waals surface area (Å²) in [4.78, 5) is 29.4. The van der Waals surface area contributed by atoms with Crippen molar-refractivity contribution in [2.75, 3.05) is 25.6 Å². The van der Waals surface area contributed by atoms with Crippen molar-refractivity contribution in [2.24, 2.45) is 0 Å². The maximum absolute atomic E-state index is 13.8. The number of aromatic nitrogens is 2. The van der Waals surface area contributed by atoms with E-state index in [0.29, 0.717) is 44.3 Å². The van der Waals surface area contributed by atoms with E-state index in [1.54, 1.807) is 11.7 Å². The molecule has 0 spiro atoms. The molecule has 0 bridgehead atoms. The Morgan fingerprint density at radius 3 is 2.82 bits per heavy atom. The number of ether oxygens (including phenoxy) is 1. The number of rotatable bonds is 7. The first-order valence-corrected chi connectivity index (χ1v) is 9.14.